The number of amides is 1. The van der Waals surface area contributed by atoms with Gasteiger partial charge in [0, 0.05) is 18.9 Å². The van der Waals surface area contributed by atoms with Crippen LogP contribution in [0.3, 0.4) is 0 Å². The van der Waals surface area contributed by atoms with Crippen LogP contribution >= 0.6 is 0 Å². The van der Waals surface area contributed by atoms with E-state index in [4.69, 9.17) is 14.2 Å². The van der Waals surface area contributed by atoms with Crippen LogP contribution in [0.15, 0.2) is 42.7 Å². The summed E-state index contributed by atoms with van der Waals surface area (Å²) in [5, 5.41) is 6.16. The highest BCUT2D eigenvalue weighted by molar-refractivity contribution is 5.82. The van der Waals surface area contributed by atoms with E-state index >= 15 is 0 Å². The van der Waals surface area contributed by atoms with E-state index in [1.165, 1.54) is 0 Å². The number of carbonyl (C=O) groups excluding carboxylic acids is 1. The van der Waals surface area contributed by atoms with Crippen molar-refractivity contribution in [2.24, 2.45) is 0 Å². The van der Waals surface area contributed by atoms with Crippen molar-refractivity contribution in [1.29, 1.82) is 0 Å². The number of aromatic nitrogens is 1. The first-order chi connectivity index (χ1) is 13.2. The number of hydrogen-bond donors (Lipinski definition) is 2. The van der Waals surface area contributed by atoms with Crippen molar-refractivity contribution in [3.63, 3.8) is 0 Å². The number of rotatable bonds is 7. The van der Waals surface area contributed by atoms with Crippen molar-refractivity contribution < 1.29 is 19.0 Å². The number of morpholine rings is 1. The second-order valence-corrected chi connectivity index (χ2v) is 6.37. The summed E-state index contributed by atoms with van der Waals surface area (Å²) < 4.78 is 16.7. The summed E-state index contributed by atoms with van der Waals surface area (Å²) in [5.74, 6) is 1.21. The van der Waals surface area contributed by atoms with E-state index in [0.717, 1.165) is 11.1 Å². The molecule has 7 heteroatoms. The number of ether oxygens (including phenoxy) is 3. The molecule has 1 aromatic heterocycles. The molecule has 0 bridgehead atoms. The van der Waals surface area contributed by atoms with Crippen LogP contribution in [0, 0.1) is 0 Å². The first-order valence-corrected chi connectivity index (χ1v) is 8.98. The normalized spacial score (nSPS) is 17.8. The van der Waals surface area contributed by atoms with Crippen LogP contribution in [0.1, 0.15) is 24.1 Å². The van der Waals surface area contributed by atoms with Crippen LogP contribution in [-0.2, 0) is 16.1 Å². The molecule has 2 N–H and O–H groups in total. The van der Waals surface area contributed by atoms with Crippen molar-refractivity contribution in [2.45, 2.75) is 25.6 Å². The van der Waals surface area contributed by atoms with Gasteiger partial charge in [0.1, 0.15) is 12.6 Å². The Labute approximate surface area is 159 Å². The van der Waals surface area contributed by atoms with Crippen molar-refractivity contribution in [3.05, 3.63) is 53.9 Å². The Balaban J connectivity index is 1.62. The van der Waals surface area contributed by atoms with Crippen molar-refractivity contribution >= 4 is 5.91 Å². The fraction of sp³-hybridized carbons (Fsp3) is 0.400. The SMILES string of the molecule is COc1cc(C(C)NC(=O)C2COCCN2)ccc1OCc1ccncc1. The van der Waals surface area contributed by atoms with Gasteiger partial charge in [0.2, 0.25) is 5.91 Å². The van der Waals surface area contributed by atoms with Gasteiger partial charge in [-0.3, -0.25) is 9.78 Å². The molecule has 7 nitrogen and oxygen atoms in total. The van der Waals surface area contributed by atoms with Gasteiger partial charge in [-0.2, -0.15) is 0 Å². The quantitative estimate of drug-likeness (QED) is 0.773. The Morgan fingerprint density at radius 3 is 2.85 bits per heavy atom. The molecule has 3 rings (SSSR count). The molecule has 0 radical (unpaired) electrons. The molecule has 1 aromatic carbocycles. The third-order valence-electron chi connectivity index (χ3n) is 4.43. The largest absolute Gasteiger partial charge is 0.493 e. The molecule has 0 aliphatic carbocycles. The van der Waals surface area contributed by atoms with Gasteiger partial charge in [0.05, 0.1) is 26.4 Å². The molecule has 1 aliphatic heterocycles. The topological polar surface area (TPSA) is 81.7 Å². The maximum absolute atomic E-state index is 12.3. The van der Waals surface area contributed by atoms with Crippen molar-refractivity contribution in [3.8, 4) is 11.5 Å². The maximum Gasteiger partial charge on any atom is 0.240 e. The number of benzene rings is 1. The van der Waals surface area contributed by atoms with E-state index < -0.39 is 0 Å². The van der Waals surface area contributed by atoms with E-state index in [0.29, 0.717) is 37.9 Å². The molecule has 2 unspecified atom stereocenters. The summed E-state index contributed by atoms with van der Waals surface area (Å²) in [6.07, 6.45) is 3.46. The van der Waals surface area contributed by atoms with E-state index in [-0.39, 0.29) is 18.0 Å². The third kappa shape index (κ3) is 5.18. The van der Waals surface area contributed by atoms with Crippen molar-refractivity contribution in [2.75, 3.05) is 26.9 Å². The van der Waals surface area contributed by atoms with Crippen LogP contribution in [0.25, 0.3) is 0 Å². The predicted octanol–water partition coefficient (Wildman–Crippen LogP) is 1.83. The molecular formula is C20H25N3O4. The smallest absolute Gasteiger partial charge is 0.240 e. The fourth-order valence-electron chi connectivity index (χ4n) is 2.84. The van der Waals surface area contributed by atoms with E-state index in [1.54, 1.807) is 19.5 Å². The lowest BCUT2D eigenvalue weighted by atomic mass is 10.1. The molecule has 2 atom stereocenters. The van der Waals surface area contributed by atoms with Crippen molar-refractivity contribution in [1.82, 2.24) is 15.6 Å². The number of hydrogen-bond acceptors (Lipinski definition) is 6. The maximum atomic E-state index is 12.3. The van der Waals surface area contributed by atoms with Crippen LogP contribution in [0.4, 0.5) is 0 Å². The van der Waals surface area contributed by atoms with Crippen LogP contribution in [0.5, 0.6) is 11.5 Å². The summed E-state index contributed by atoms with van der Waals surface area (Å²) in [4.78, 5) is 16.3. The summed E-state index contributed by atoms with van der Waals surface area (Å²) in [5.41, 5.74) is 1.96. The van der Waals surface area contributed by atoms with Gasteiger partial charge in [-0.25, -0.2) is 0 Å². The standard InChI is InChI=1S/C20H25N3O4/c1-14(23-20(24)17-13-26-10-9-22-17)16-3-4-18(19(11-16)25-2)27-12-15-5-7-21-8-6-15/h3-8,11,14,17,22H,9-10,12-13H2,1-2H3,(H,23,24). The molecule has 2 aromatic rings. The van der Waals surface area contributed by atoms with Gasteiger partial charge in [-0.15, -0.1) is 0 Å². The zero-order chi connectivity index (χ0) is 19.1. The summed E-state index contributed by atoms with van der Waals surface area (Å²) in [6, 6.07) is 9.01. The highest BCUT2D eigenvalue weighted by Gasteiger charge is 2.23. The minimum Gasteiger partial charge on any atom is -0.493 e. The van der Waals surface area contributed by atoms with E-state index in [2.05, 4.69) is 15.6 Å². The summed E-state index contributed by atoms with van der Waals surface area (Å²) in [7, 11) is 1.60. The zero-order valence-corrected chi connectivity index (χ0v) is 15.6. The van der Waals surface area contributed by atoms with E-state index in [9.17, 15) is 4.79 Å². The van der Waals surface area contributed by atoms with Crippen LogP contribution in [-0.4, -0.2) is 43.8 Å². The molecule has 144 valence electrons. The number of methoxy groups -OCH3 is 1. The number of nitrogens with one attached hydrogen (secondary N) is 2. The minimum atomic E-state index is -0.314. The third-order valence-corrected chi connectivity index (χ3v) is 4.43. The molecule has 1 fully saturated rings. The fourth-order valence-corrected chi connectivity index (χ4v) is 2.84. The Morgan fingerprint density at radius 1 is 1.33 bits per heavy atom. The lowest BCUT2D eigenvalue weighted by molar-refractivity contribution is -0.126. The lowest BCUT2D eigenvalue weighted by Gasteiger charge is -2.25. The Hall–Kier alpha value is -2.64. The molecule has 1 saturated heterocycles. The highest BCUT2D eigenvalue weighted by Crippen LogP contribution is 2.31. The Morgan fingerprint density at radius 2 is 2.15 bits per heavy atom. The second kappa shape index (κ2) is 9.34. The molecule has 1 amide bonds. The molecule has 27 heavy (non-hydrogen) atoms. The van der Waals surface area contributed by atoms with Crippen LogP contribution in [0.2, 0.25) is 0 Å². The van der Waals surface area contributed by atoms with Gasteiger partial charge >= 0.3 is 0 Å². The minimum absolute atomic E-state index is 0.0702. The lowest BCUT2D eigenvalue weighted by Crippen LogP contribution is -2.51. The molecule has 2 heterocycles. The van der Waals surface area contributed by atoms with Gasteiger partial charge in [0.15, 0.2) is 11.5 Å². The molecule has 1 aliphatic rings. The summed E-state index contributed by atoms with van der Waals surface area (Å²) >= 11 is 0. The number of nitrogens with zero attached hydrogens (tertiary/aromatic N) is 1. The first-order valence-electron chi connectivity index (χ1n) is 8.98. The van der Waals surface area contributed by atoms with E-state index in [1.807, 2.05) is 37.3 Å². The summed E-state index contributed by atoms with van der Waals surface area (Å²) in [6.45, 7) is 4.08. The number of carbonyl (C=O) groups is 1. The zero-order valence-electron chi connectivity index (χ0n) is 15.6. The monoisotopic (exact) mass is 371 g/mol. The highest BCUT2D eigenvalue weighted by atomic mass is 16.5. The van der Waals surface area contributed by atoms with Gasteiger partial charge in [-0.05, 0) is 42.3 Å². The second-order valence-electron chi connectivity index (χ2n) is 6.37. The van der Waals surface area contributed by atoms with Gasteiger partial charge < -0.3 is 24.8 Å². The average Bonchev–Trinajstić information content (AvgIpc) is 2.73. The predicted molar refractivity (Wildman–Crippen MR) is 101 cm³/mol. The first kappa shape index (κ1) is 19.1. The molecule has 0 saturated carbocycles. The van der Waals surface area contributed by atoms with Crippen LogP contribution < -0.4 is 20.1 Å². The van der Waals surface area contributed by atoms with Gasteiger partial charge in [-0.1, -0.05) is 6.07 Å². The molecular weight excluding hydrogens is 346 g/mol. The van der Waals surface area contributed by atoms with Gasteiger partial charge in [0.25, 0.3) is 0 Å². The number of pyridine rings is 1. The Kier molecular flexibility index (Phi) is 6.62. The molecule has 0 spiro atoms. The average molecular weight is 371 g/mol. The Bertz CT molecular complexity index is 748.